The van der Waals surface area contributed by atoms with Gasteiger partial charge < -0.3 is 0 Å². The van der Waals surface area contributed by atoms with E-state index in [1.807, 2.05) is 24.3 Å². The van der Waals surface area contributed by atoms with Crippen LogP contribution in [0.5, 0.6) is 0 Å². The number of hydrogen-bond donors (Lipinski definition) is 0. The van der Waals surface area contributed by atoms with Crippen molar-refractivity contribution in [2.45, 2.75) is 12.8 Å². The first-order valence-electron chi connectivity index (χ1n) is 4.32. The standard InChI is InChI=1S/C12H14/c1-2-4-6-8-10-12-11-9-7-5-3-1/h1-10H,11-12H2/b2-1+,5-3-,6-4?,9-7+,10-8?. The van der Waals surface area contributed by atoms with Gasteiger partial charge in [0, 0.05) is 0 Å². The number of allylic oxidation sites excluding steroid dienone is 10. The first-order chi connectivity index (χ1) is 6.00. The Bertz CT molecular complexity index is 211. The fraction of sp³-hybridized carbons (Fsp3) is 0.167. The lowest BCUT2D eigenvalue weighted by Gasteiger charge is -1.84. The van der Waals surface area contributed by atoms with E-state index in [0.717, 1.165) is 12.8 Å². The Labute approximate surface area is 74.3 Å². The van der Waals surface area contributed by atoms with Gasteiger partial charge in [-0.1, -0.05) is 60.8 Å². The van der Waals surface area contributed by atoms with Crippen LogP contribution in [-0.2, 0) is 0 Å². The molecule has 1 aliphatic carbocycles. The molecule has 0 amide bonds. The maximum Gasteiger partial charge on any atom is -0.0313 e. The quantitative estimate of drug-likeness (QED) is 0.505. The zero-order chi connectivity index (χ0) is 8.49. The molecule has 0 aliphatic heterocycles. The number of hydrogen-bond acceptors (Lipinski definition) is 0. The van der Waals surface area contributed by atoms with E-state index in [0.29, 0.717) is 0 Å². The highest BCUT2D eigenvalue weighted by atomic mass is 13.8. The summed E-state index contributed by atoms with van der Waals surface area (Å²) in [7, 11) is 0. The van der Waals surface area contributed by atoms with E-state index in [2.05, 4.69) is 36.5 Å². The molecule has 0 atom stereocenters. The highest BCUT2D eigenvalue weighted by molar-refractivity contribution is 5.18. The molecule has 0 unspecified atom stereocenters. The number of rotatable bonds is 0. The molecule has 0 aromatic carbocycles. The first kappa shape index (κ1) is 8.79. The van der Waals surface area contributed by atoms with Gasteiger partial charge in [-0.2, -0.15) is 0 Å². The van der Waals surface area contributed by atoms with E-state index in [9.17, 15) is 0 Å². The summed E-state index contributed by atoms with van der Waals surface area (Å²) in [6.45, 7) is 0. The molecular formula is C12H14. The molecule has 0 aromatic heterocycles. The molecule has 0 spiro atoms. The van der Waals surface area contributed by atoms with E-state index >= 15 is 0 Å². The highest BCUT2D eigenvalue weighted by Gasteiger charge is 1.74. The molecule has 0 saturated carbocycles. The summed E-state index contributed by atoms with van der Waals surface area (Å²) in [5.41, 5.74) is 0. The lowest BCUT2D eigenvalue weighted by molar-refractivity contribution is 1.05. The third kappa shape index (κ3) is 4.51. The average Bonchev–Trinajstić information content (AvgIpc) is 2.05. The predicted molar refractivity (Wildman–Crippen MR) is 54.9 cm³/mol. The molecule has 1 aliphatic rings. The molecule has 62 valence electrons. The van der Waals surface area contributed by atoms with Crippen LogP contribution in [0.25, 0.3) is 0 Å². The van der Waals surface area contributed by atoms with Crippen molar-refractivity contribution in [3.8, 4) is 0 Å². The van der Waals surface area contributed by atoms with E-state index in [4.69, 9.17) is 0 Å². The Morgan fingerprint density at radius 1 is 0.417 bits per heavy atom. The predicted octanol–water partition coefficient (Wildman–Crippen LogP) is 3.56. The van der Waals surface area contributed by atoms with Gasteiger partial charge in [-0.05, 0) is 12.8 Å². The van der Waals surface area contributed by atoms with Crippen LogP contribution >= 0.6 is 0 Å². The lowest BCUT2D eigenvalue weighted by Crippen LogP contribution is -1.64. The van der Waals surface area contributed by atoms with Crippen LogP contribution in [0.3, 0.4) is 0 Å². The zero-order valence-corrected chi connectivity index (χ0v) is 7.19. The molecule has 0 fully saturated rings. The van der Waals surface area contributed by atoms with Gasteiger partial charge in [0.15, 0.2) is 0 Å². The Morgan fingerprint density at radius 3 is 1.17 bits per heavy atom. The summed E-state index contributed by atoms with van der Waals surface area (Å²) in [5.74, 6) is 0. The molecular weight excluding hydrogens is 144 g/mol. The Balaban J connectivity index is 2.55. The topological polar surface area (TPSA) is 0 Å². The largest absolute Gasteiger partial charge is 0.0842 e. The van der Waals surface area contributed by atoms with Crippen molar-refractivity contribution in [1.29, 1.82) is 0 Å². The van der Waals surface area contributed by atoms with Crippen LogP contribution in [0.15, 0.2) is 60.8 Å². The molecule has 0 bridgehead atoms. The van der Waals surface area contributed by atoms with Crippen molar-refractivity contribution in [3.05, 3.63) is 60.8 Å². The van der Waals surface area contributed by atoms with Crippen LogP contribution in [0.4, 0.5) is 0 Å². The van der Waals surface area contributed by atoms with Gasteiger partial charge in [0.1, 0.15) is 0 Å². The SMILES string of the molecule is C1=C/C=C/C=C\C=C\CCC=C1. The van der Waals surface area contributed by atoms with E-state index < -0.39 is 0 Å². The van der Waals surface area contributed by atoms with Gasteiger partial charge in [0.2, 0.25) is 0 Å². The summed E-state index contributed by atoms with van der Waals surface area (Å²) in [6.07, 6.45) is 23.0. The monoisotopic (exact) mass is 158 g/mol. The minimum atomic E-state index is 1.12. The maximum absolute atomic E-state index is 2.18. The van der Waals surface area contributed by atoms with Gasteiger partial charge in [-0.15, -0.1) is 0 Å². The lowest BCUT2D eigenvalue weighted by atomic mass is 10.2. The third-order valence-electron chi connectivity index (χ3n) is 1.55. The summed E-state index contributed by atoms with van der Waals surface area (Å²) < 4.78 is 0. The van der Waals surface area contributed by atoms with Crippen molar-refractivity contribution in [1.82, 2.24) is 0 Å². The average molecular weight is 158 g/mol. The second kappa shape index (κ2) is 6.41. The van der Waals surface area contributed by atoms with Crippen molar-refractivity contribution in [3.63, 3.8) is 0 Å². The van der Waals surface area contributed by atoms with E-state index in [-0.39, 0.29) is 0 Å². The molecule has 0 aromatic rings. The summed E-state index contributed by atoms with van der Waals surface area (Å²) in [6, 6.07) is 0. The summed E-state index contributed by atoms with van der Waals surface area (Å²) in [5, 5.41) is 0. The van der Waals surface area contributed by atoms with Gasteiger partial charge in [0.05, 0.1) is 0 Å². The van der Waals surface area contributed by atoms with Gasteiger partial charge in [-0.3, -0.25) is 0 Å². The molecule has 0 radical (unpaired) electrons. The summed E-state index contributed by atoms with van der Waals surface area (Å²) >= 11 is 0. The van der Waals surface area contributed by atoms with Gasteiger partial charge in [-0.25, -0.2) is 0 Å². The van der Waals surface area contributed by atoms with Crippen LogP contribution in [0, 0.1) is 0 Å². The van der Waals surface area contributed by atoms with Crippen LogP contribution in [-0.4, -0.2) is 0 Å². The smallest absolute Gasteiger partial charge is 0.0313 e. The zero-order valence-electron chi connectivity index (χ0n) is 7.19. The minimum Gasteiger partial charge on any atom is -0.0842 e. The fourth-order valence-electron chi connectivity index (χ4n) is 0.927. The normalized spacial score (nSPS) is 25.3. The van der Waals surface area contributed by atoms with Crippen molar-refractivity contribution in [2.24, 2.45) is 0 Å². The third-order valence-corrected chi connectivity index (χ3v) is 1.55. The van der Waals surface area contributed by atoms with E-state index in [1.54, 1.807) is 0 Å². The Morgan fingerprint density at radius 2 is 0.750 bits per heavy atom. The van der Waals surface area contributed by atoms with Gasteiger partial charge in [0.25, 0.3) is 0 Å². The first-order valence-corrected chi connectivity index (χ1v) is 4.32. The highest BCUT2D eigenvalue weighted by Crippen LogP contribution is 1.95. The molecule has 12 heavy (non-hydrogen) atoms. The van der Waals surface area contributed by atoms with E-state index in [1.165, 1.54) is 0 Å². The van der Waals surface area contributed by atoms with Crippen LogP contribution < -0.4 is 0 Å². The second-order valence-corrected chi connectivity index (χ2v) is 2.59. The molecule has 0 heteroatoms. The van der Waals surface area contributed by atoms with Crippen LogP contribution in [0.2, 0.25) is 0 Å². The minimum absolute atomic E-state index is 1.12. The van der Waals surface area contributed by atoms with Crippen LogP contribution in [0.1, 0.15) is 12.8 Å². The molecule has 0 N–H and O–H groups in total. The fourth-order valence-corrected chi connectivity index (χ4v) is 0.927. The molecule has 0 saturated heterocycles. The molecule has 0 heterocycles. The summed E-state index contributed by atoms with van der Waals surface area (Å²) in [4.78, 5) is 0. The van der Waals surface area contributed by atoms with Crippen molar-refractivity contribution in [2.75, 3.05) is 0 Å². The molecule has 1 rings (SSSR count). The molecule has 0 nitrogen and oxygen atoms in total. The Hall–Kier alpha value is -1.30. The maximum atomic E-state index is 2.18. The van der Waals surface area contributed by atoms with Gasteiger partial charge >= 0.3 is 0 Å². The second-order valence-electron chi connectivity index (χ2n) is 2.59. The van der Waals surface area contributed by atoms with Crippen molar-refractivity contribution < 1.29 is 0 Å². The van der Waals surface area contributed by atoms with Crippen molar-refractivity contribution >= 4 is 0 Å². The Kier molecular flexibility index (Phi) is 4.70.